The van der Waals surface area contributed by atoms with Gasteiger partial charge in [-0.15, -0.1) is 11.3 Å². The molecule has 2 unspecified atom stereocenters. The summed E-state index contributed by atoms with van der Waals surface area (Å²) in [6.07, 6.45) is 1.24. The van der Waals surface area contributed by atoms with E-state index < -0.39 is 22.8 Å². The lowest BCUT2D eigenvalue weighted by atomic mass is 9.54. The van der Waals surface area contributed by atoms with Gasteiger partial charge in [0.15, 0.2) is 0 Å². The molecule has 0 bridgehead atoms. The standard InChI is InChI=1S/C17H21N3O5S/c1-4-25-11-7-17(15(23)24,16(11,2)3)19-12(21)8-20-9-18-13-10(14(20)22)5-6-26-13/h5-6,9,11H,4,7-8H2,1-3H3,(H,19,21)(H,23,24). The molecule has 1 aliphatic carbocycles. The number of carboxylic acids is 1. The van der Waals surface area contributed by atoms with Crippen LogP contribution in [0.2, 0.25) is 0 Å². The first-order valence-electron chi connectivity index (χ1n) is 8.31. The van der Waals surface area contributed by atoms with Gasteiger partial charge < -0.3 is 15.2 Å². The maximum atomic E-state index is 12.5. The van der Waals surface area contributed by atoms with Crippen molar-refractivity contribution >= 4 is 33.4 Å². The summed E-state index contributed by atoms with van der Waals surface area (Å²) in [5, 5.41) is 14.6. The minimum atomic E-state index is -1.42. The Morgan fingerprint density at radius 3 is 2.85 bits per heavy atom. The van der Waals surface area contributed by atoms with E-state index in [1.165, 1.54) is 22.2 Å². The summed E-state index contributed by atoms with van der Waals surface area (Å²) in [5.74, 6) is -1.65. The van der Waals surface area contributed by atoms with E-state index in [2.05, 4.69) is 10.3 Å². The number of carbonyl (C=O) groups excluding carboxylic acids is 1. The quantitative estimate of drug-likeness (QED) is 0.781. The number of nitrogens with zero attached hydrogens (tertiary/aromatic N) is 2. The van der Waals surface area contributed by atoms with Gasteiger partial charge in [0, 0.05) is 18.4 Å². The van der Waals surface area contributed by atoms with Gasteiger partial charge in [0.05, 0.1) is 17.8 Å². The van der Waals surface area contributed by atoms with E-state index in [-0.39, 0.29) is 24.6 Å². The molecule has 2 aromatic rings. The average Bonchev–Trinajstić information content (AvgIpc) is 3.05. The van der Waals surface area contributed by atoms with E-state index in [1.54, 1.807) is 25.3 Å². The Labute approximate surface area is 153 Å². The number of carbonyl (C=O) groups is 2. The highest BCUT2D eigenvalue weighted by Gasteiger charge is 2.66. The molecule has 1 aliphatic rings. The van der Waals surface area contributed by atoms with E-state index in [0.717, 1.165) is 0 Å². The summed E-state index contributed by atoms with van der Waals surface area (Å²) in [7, 11) is 0. The Morgan fingerprint density at radius 1 is 1.50 bits per heavy atom. The van der Waals surface area contributed by atoms with Crippen molar-refractivity contribution in [3.8, 4) is 0 Å². The zero-order valence-corrected chi connectivity index (χ0v) is 15.6. The SMILES string of the molecule is CCOC1CC(NC(=O)Cn2cnc3sccc3c2=O)(C(=O)O)C1(C)C. The number of aromatic nitrogens is 2. The number of amides is 1. The van der Waals surface area contributed by atoms with Crippen LogP contribution in [0, 0.1) is 5.41 Å². The van der Waals surface area contributed by atoms with E-state index >= 15 is 0 Å². The number of carboxylic acid groups (broad SMARTS) is 1. The molecular weight excluding hydrogens is 358 g/mol. The minimum absolute atomic E-state index is 0.186. The van der Waals surface area contributed by atoms with Gasteiger partial charge in [-0.2, -0.15) is 0 Å². The molecule has 1 fully saturated rings. The van der Waals surface area contributed by atoms with Crippen molar-refractivity contribution in [1.82, 2.24) is 14.9 Å². The van der Waals surface area contributed by atoms with Crippen molar-refractivity contribution in [3.63, 3.8) is 0 Å². The lowest BCUT2D eigenvalue weighted by Gasteiger charge is -2.58. The van der Waals surface area contributed by atoms with Gasteiger partial charge in [-0.25, -0.2) is 9.78 Å². The Hall–Kier alpha value is -2.26. The summed E-state index contributed by atoms with van der Waals surface area (Å²) in [6.45, 7) is 5.55. The third kappa shape index (κ3) is 2.71. The molecule has 2 atom stereocenters. The van der Waals surface area contributed by atoms with Gasteiger partial charge in [-0.05, 0) is 18.4 Å². The third-order valence-corrected chi connectivity index (χ3v) is 6.07. The Morgan fingerprint density at radius 2 is 2.23 bits per heavy atom. The highest BCUT2D eigenvalue weighted by atomic mass is 32.1. The van der Waals surface area contributed by atoms with Crippen molar-refractivity contribution < 1.29 is 19.4 Å². The molecule has 140 valence electrons. The van der Waals surface area contributed by atoms with Crippen molar-refractivity contribution in [2.75, 3.05) is 6.61 Å². The fourth-order valence-electron chi connectivity index (χ4n) is 3.48. The van der Waals surface area contributed by atoms with Crippen molar-refractivity contribution in [1.29, 1.82) is 0 Å². The third-order valence-electron chi connectivity index (χ3n) is 5.25. The lowest BCUT2D eigenvalue weighted by Crippen LogP contribution is -2.76. The molecule has 0 aliphatic heterocycles. The number of aliphatic carboxylic acids is 1. The molecule has 8 nitrogen and oxygen atoms in total. The van der Waals surface area contributed by atoms with Gasteiger partial charge in [0.1, 0.15) is 16.9 Å². The fourth-order valence-corrected chi connectivity index (χ4v) is 4.20. The van der Waals surface area contributed by atoms with E-state index in [1.807, 2.05) is 6.92 Å². The molecule has 0 saturated heterocycles. The van der Waals surface area contributed by atoms with E-state index in [4.69, 9.17) is 4.74 Å². The predicted octanol–water partition coefficient (Wildman–Crippen LogP) is 1.23. The van der Waals surface area contributed by atoms with Crippen LogP contribution in [0.25, 0.3) is 10.2 Å². The second kappa shape index (κ2) is 6.48. The zero-order chi connectivity index (χ0) is 19.1. The topological polar surface area (TPSA) is 111 Å². The maximum absolute atomic E-state index is 12.5. The molecule has 9 heteroatoms. The van der Waals surface area contributed by atoms with Crippen LogP contribution in [0.15, 0.2) is 22.6 Å². The summed E-state index contributed by atoms with van der Waals surface area (Å²) in [4.78, 5) is 41.6. The number of hydrogen-bond acceptors (Lipinski definition) is 6. The maximum Gasteiger partial charge on any atom is 0.330 e. The van der Waals surface area contributed by atoms with Gasteiger partial charge >= 0.3 is 5.97 Å². The van der Waals surface area contributed by atoms with Crippen molar-refractivity contribution in [2.24, 2.45) is 5.41 Å². The van der Waals surface area contributed by atoms with Crippen molar-refractivity contribution in [2.45, 2.75) is 45.4 Å². The molecular formula is C17H21N3O5S. The number of thiophene rings is 1. The first-order valence-corrected chi connectivity index (χ1v) is 9.19. The molecule has 3 rings (SSSR count). The summed E-state index contributed by atoms with van der Waals surface area (Å²) < 4.78 is 6.76. The number of fused-ring (bicyclic) bond motifs is 1. The summed E-state index contributed by atoms with van der Waals surface area (Å²) >= 11 is 1.34. The van der Waals surface area contributed by atoms with Crippen LogP contribution in [0.1, 0.15) is 27.2 Å². The number of hydrogen-bond donors (Lipinski definition) is 2. The fraction of sp³-hybridized carbons (Fsp3) is 0.529. The predicted molar refractivity (Wildman–Crippen MR) is 96.2 cm³/mol. The molecule has 1 saturated carbocycles. The smallest absolute Gasteiger partial charge is 0.330 e. The van der Waals surface area contributed by atoms with Crippen LogP contribution < -0.4 is 10.9 Å². The van der Waals surface area contributed by atoms with Gasteiger partial charge in [-0.3, -0.25) is 14.2 Å². The van der Waals surface area contributed by atoms with Crippen LogP contribution >= 0.6 is 11.3 Å². The number of rotatable bonds is 6. The highest BCUT2D eigenvalue weighted by Crippen LogP contribution is 2.51. The van der Waals surface area contributed by atoms with E-state index in [9.17, 15) is 19.5 Å². The molecule has 0 aromatic carbocycles. The van der Waals surface area contributed by atoms with Crippen LogP contribution in [-0.4, -0.2) is 44.8 Å². The largest absolute Gasteiger partial charge is 0.479 e. The van der Waals surface area contributed by atoms with Crippen LogP contribution in [0.4, 0.5) is 0 Å². The Bertz CT molecular complexity index is 919. The summed E-state index contributed by atoms with van der Waals surface area (Å²) in [6, 6.07) is 1.66. The van der Waals surface area contributed by atoms with Gasteiger partial charge in [0.2, 0.25) is 5.91 Å². The van der Waals surface area contributed by atoms with Crippen LogP contribution in [-0.2, 0) is 20.9 Å². The Balaban J connectivity index is 1.80. The molecule has 2 aromatic heterocycles. The minimum Gasteiger partial charge on any atom is -0.479 e. The second-order valence-electron chi connectivity index (χ2n) is 6.95. The molecule has 0 spiro atoms. The highest BCUT2D eigenvalue weighted by molar-refractivity contribution is 7.16. The molecule has 2 N–H and O–H groups in total. The van der Waals surface area contributed by atoms with E-state index in [0.29, 0.717) is 16.8 Å². The zero-order valence-electron chi connectivity index (χ0n) is 14.8. The molecule has 0 radical (unpaired) electrons. The molecule has 1 amide bonds. The van der Waals surface area contributed by atoms with Gasteiger partial charge in [-0.1, -0.05) is 13.8 Å². The van der Waals surface area contributed by atoms with Gasteiger partial charge in [0.25, 0.3) is 5.56 Å². The number of nitrogens with one attached hydrogen (secondary N) is 1. The second-order valence-corrected chi connectivity index (χ2v) is 7.84. The first kappa shape index (κ1) is 18.5. The van der Waals surface area contributed by atoms with Crippen molar-refractivity contribution in [3.05, 3.63) is 28.1 Å². The normalized spacial score (nSPS) is 24.2. The van der Waals surface area contributed by atoms with Crippen LogP contribution in [0.3, 0.4) is 0 Å². The lowest BCUT2D eigenvalue weighted by molar-refractivity contribution is -0.194. The Kier molecular flexibility index (Phi) is 4.61. The van der Waals surface area contributed by atoms with Crippen LogP contribution in [0.5, 0.6) is 0 Å². The average molecular weight is 379 g/mol. The first-order chi connectivity index (χ1) is 12.2. The molecule has 2 heterocycles. The molecule has 26 heavy (non-hydrogen) atoms. The summed E-state index contributed by atoms with van der Waals surface area (Å²) in [5.41, 5.74) is -2.52. The monoisotopic (exact) mass is 379 g/mol. The number of ether oxygens (including phenoxy) is 1.